The second kappa shape index (κ2) is 6.84. The first-order valence-corrected chi connectivity index (χ1v) is 10.5. The molecule has 4 nitrogen and oxygen atoms in total. The van der Waals surface area contributed by atoms with E-state index in [0.29, 0.717) is 24.3 Å². The number of amides is 1. The Hall–Kier alpha value is -0.610. The molecule has 0 N–H and O–H groups in total. The van der Waals surface area contributed by atoms with Gasteiger partial charge in [0, 0.05) is 12.6 Å². The summed E-state index contributed by atoms with van der Waals surface area (Å²) in [4.78, 5) is 15.5. The summed E-state index contributed by atoms with van der Waals surface area (Å²) >= 11 is 0. The molecule has 2 spiro atoms. The number of carbonyl (C=O) groups is 1. The number of nitrogens with zero attached hydrogens (tertiary/aromatic N) is 2. The smallest absolute Gasteiger partial charge is 0.245 e. The van der Waals surface area contributed by atoms with E-state index < -0.39 is 5.54 Å². The van der Waals surface area contributed by atoms with Gasteiger partial charge in [0.15, 0.2) is 0 Å². The lowest BCUT2D eigenvalue weighted by molar-refractivity contribution is -0.329. The average molecular weight is 350 g/mol. The van der Waals surface area contributed by atoms with Crippen LogP contribution in [0.5, 0.6) is 0 Å². The van der Waals surface area contributed by atoms with Gasteiger partial charge in [-0.1, -0.05) is 46.5 Å². The number of hydrogen-bond acceptors (Lipinski definition) is 2. The van der Waals surface area contributed by atoms with Crippen molar-refractivity contribution in [3.05, 3.63) is 0 Å². The molecule has 1 aliphatic heterocycles. The van der Waals surface area contributed by atoms with Gasteiger partial charge in [0.05, 0.1) is 5.54 Å². The molecule has 0 aromatic carbocycles. The molecule has 1 radical (unpaired) electrons. The molecule has 3 fully saturated rings. The van der Waals surface area contributed by atoms with E-state index in [4.69, 9.17) is 0 Å². The number of piperazine rings is 1. The van der Waals surface area contributed by atoms with Crippen LogP contribution in [0.3, 0.4) is 0 Å². The van der Waals surface area contributed by atoms with E-state index >= 15 is 0 Å². The lowest BCUT2D eigenvalue weighted by Crippen LogP contribution is -2.77. The van der Waals surface area contributed by atoms with E-state index in [1.165, 1.54) is 11.5 Å². The van der Waals surface area contributed by atoms with Crippen molar-refractivity contribution in [2.24, 2.45) is 17.8 Å². The third kappa shape index (κ3) is 2.93. The van der Waals surface area contributed by atoms with Crippen LogP contribution in [0.2, 0.25) is 0 Å². The lowest BCUT2D eigenvalue weighted by Gasteiger charge is -2.62. The maximum Gasteiger partial charge on any atom is 0.245 e. The van der Waals surface area contributed by atoms with Crippen LogP contribution in [0.4, 0.5) is 0 Å². The lowest BCUT2D eigenvalue weighted by atomic mass is 9.61. The Kier molecular flexibility index (Phi) is 5.25. The Labute approximate surface area is 153 Å². The minimum Gasteiger partial charge on any atom is -0.337 e. The standard InChI is InChI=1S/C21H37N2O2/c1-15(2)18-10-9-17(5)13-21(18)14-22(16(3)4)19(24)20(23(21)25)11-7-6-8-12-20/h15-18H,6-14H2,1-5H3/t17-,18?,21-/m1/s1. The first-order chi connectivity index (χ1) is 11.7. The van der Waals surface area contributed by atoms with Crippen LogP contribution in [0.1, 0.15) is 86.0 Å². The first-order valence-electron chi connectivity index (χ1n) is 10.5. The van der Waals surface area contributed by atoms with E-state index in [2.05, 4.69) is 39.5 Å². The van der Waals surface area contributed by atoms with Gasteiger partial charge in [-0.3, -0.25) is 4.79 Å². The third-order valence-corrected chi connectivity index (χ3v) is 7.37. The van der Waals surface area contributed by atoms with Crippen LogP contribution in [-0.2, 0) is 10.0 Å². The van der Waals surface area contributed by atoms with Crippen LogP contribution < -0.4 is 0 Å². The Morgan fingerprint density at radius 2 is 1.68 bits per heavy atom. The number of rotatable bonds is 2. The van der Waals surface area contributed by atoms with Gasteiger partial charge in [-0.05, 0) is 57.3 Å². The van der Waals surface area contributed by atoms with Crippen molar-refractivity contribution < 1.29 is 10.0 Å². The third-order valence-electron chi connectivity index (χ3n) is 7.37. The van der Waals surface area contributed by atoms with Crippen LogP contribution in [0.15, 0.2) is 0 Å². The maximum atomic E-state index is 14.0. The minimum absolute atomic E-state index is 0.114. The molecule has 2 aliphatic carbocycles. The maximum absolute atomic E-state index is 14.0. The van der Waals surface area contributed by atoms with E-state index in [1.807, 2.05) is 0 Å². The van der Waals surface area contributed by atoms with Crippen LogP contribution in [-0.4, -0.2) is 39.5 Å². The summed E-state index contributed by atoms with van der Waals surface area (Å²) in [6.07, 6.45) is 7.94. The van der Waals surface area contributed by atoms with Crippen molar-refractivity contribution in [2.75, 3.05) is 6.54 Å². The molecule has 3 atom stereocenters. The zero-order chi connectivity index (χ0) is 18.4. The van der Waals surface area contributed by atoms with Crippen LogP contribution in [0.25, 0.3) is 0 Å². The summed E-state index contributed by atoms with van der Waals surface area (Å²) in [5.74, 6) is 1.54. The van der Waals surface area contributed by atoms with Crippen molar-refractivity contribution in [1.29, 1.82) is 0 Å². The fraction of sp³-hybridized carbons (Fsp3) is 0.952. The van der Waals surface area contributed by atoms with Gasteiger partial charge in [0.2, 0.25) is 5.91 Å². The molecular weight excluding hydrogens is 312 g/mol. The molecule has 25 heavy (non-hydrogen) atoms. The molecule has 1 amide bonds. The second-order valence-corrected chi connectivity index (χ2v) is 9.75. The van der Waals surface area contributed by atoms with Crippen molar-refractivity contribution in [3.8, 4) is 0 Å². The van der Waals surface area contributed by atoms with Crippen molar-refractivity contribution >= 4 is 5.91 Å². The molecule has 1 saturated heterocycles. The summed E-state index contributed by atoms with van der Waals surface area (Å²) in [6, 6.07) is 0.168. The summed E-state index contributed by atoms with van der Waals surface area (Å²) < 4.78 is 0. The Balaban J connectivity index is 2.09. The predicted molar refractivity (Wildman–Crippen MR) is 99.3 cm³/mol. The van der Waals surface area contributed by atoms with E-state index in [9.17, 15) is 10.0 Å². The van der Waals surface area contributed by atoms with Gasteiger partial charge in [-0.25, -0.2) is 0 Å². The highest BCUT2D eigenvalue weighted by Crippen LogP contribution is 2.52. The quantitative estimate of drug-likeness (QED) is 0.741. The fourth-order valence-corrected chi connectivity index (χ4v) is 6.14. The topological polar surface area (TPSA) is 43.5 Å². The molecular formula is C21H37N2O2. The number of hydrogen-bond donors (Lipinski definition) is 0. The van der Waals surface area contributed by atoms with E-state index in [-0.39, 0.29) is 17.5 Å². The second-order valence-electron chi connectivity index (χ2n) is 9.75. The average Bonchev–Trinajstić information content (AvgIpc) is 2.57. The highest BCUT2D eigenvalue weighted by molar-refractivity contribution is 5.87. The van der Waals surface area contributed by atoms with Gasteiger partial charge in [-0.15, -0.1) is 10.3 Å². The highest BCUT2D eigenvalue weighted by Gasteiger charge is 2.63. The molecule has 2 saturated carbocycles. The fourth-order valence-electron chi connectivity index (χ4n) is 6.14. The van der Waals surface area contributed by atoms with Crippen LogP contribution in [0, 0.1) is 17.8 Å². The summed E-state index contributed by atoms with van der Waals surface area (Å²) in [6.45, 7) is 11.7. The SMILES string of the molecule is CC(C)C1CC[C@@H](C)C[C@@]12CN(C(C)C)C(=O)C1(CCCCC1)N2[O]. The van der Waals surface area contributed by atoms with Crippen LogP contribution >= 0.6 is 0 Å². The first kappa shape index (κ1) is 19.2. The molecule has 0 aromatic rings. The van der Waals surface area contributed by atoms with Gasteiger partial charge >= 0.3 is 0 Å². The number of hydroxylamine groups is 2. The molecule has 143 valence electrons. The molecule has 4 heteroatoms. The van der Waals surface area contributed by atoms with Gasteiger partial charge in [0.1, 0.15) is 5.54 Å². The highest BCUT2D eigenvalue weighted by atomic mass is 16.5. The van der Waals surface area contributed by atoms with Gasteiger partial charge < -0.3 is 4.90 Å². The Morgan fingerprint density at radius 3 is 2.24 bits per heavy atom. The van der Waals surface area contributed by atoms with Crippen molar-refractivity contribution in [2.45, 2.75) is 103 Å². The van der Waals surface area contributed by atoms with E-state index in [0.717, 1.165) is 44.9 Å². The summed E-state index contributed by atoms with van der Waals surface area (Å²) in [7, 11) is 0. The number of carbonyl (C=O) groups excluding carboxylic acids is 1. The minimum atomic E-state index is -0.787. The Morgan fingerprint density at radius 1 is 1.04 bits per heavy atom. The van der Waals surface area contributed by atoms with E-state index in [1.54, 1.807) is 0 Å². The molecule has 3 rings (SSSR count). The monoisotopic (exact) mass is 349 g/mol. The van der Waals surface area contributed by atoms with Gasteiger partial charge in [-0.2, -0.15) is 0 Å². The normalized spacial score (nSPS) is 36.8. The molecule has 1 heterocycles. The molecule has 0 aromatic heterocycles. The largest absolute Gasteiger partial charge is 0.337 e. The summed E-state index contributed by atoms with van der Waals surface area (Å²) in [5, 5.41) is 15.4. The predicted octanol–water partition coefficient (Wildman–Crippen LogP) is 4.42. The van der Waals surface area contributed by atoms with Gasteiger partial charge in [0.25, 0.3) is 0 Å². The molecule has 1 unspecified atom stereocenters. The molecule has 0 bridgehead atoms. The Bertz CT molecular complexity index is 498. The van der Waals surface area contributed by atoms with Crippen molar-refractivity contribution in [3.63, 3.8) is 0 Å². The molecule has 3 aliphatic rings. The summed E-state index contributed by atoms with van der Waals surface area (Å²) in [5.41, 5.74) is -1.17. The zero-order valence-corrected chi connectivity index (χ0v) is 16.9. The van der Waals surface area contributed by atoms with Crippen molar-refractivity contribution in [1.82, 2.24) is 9.96 Å². The zero-order valence-electron chi connectivity index (χ0n) is 16.9.